The summed E-state index contributed by atoms with van der Waals surface area (Å²) in [5.74, 6) is -0.439. The van der Waals surface area contributed by atoms with Crippen LogP contribution in [0.1, 0.15) is 29.6 Å². The van der Waals surface area contributed by atoms with Gasteiger partial charge in [-0.1, -0.05) is 0 Å². The first-order chi connectivity index (χ1) is 8.25. The highest BCUT2D eigenvalue weighted by Crippen LogP contribution is 2.10. The van der Waals surface area contributed by atoms with Crippen molar-refractivity contribution >= 4 is 5.97 Å². The molecule has 1 aliphatic heterocycles. The minimum atomic E-state index is -1.15. The van der Waals surface area contributed by atoms with Gasteiger partial charge >= 0.3 is 0 Å². The number of carbonyl (C=O) groups is 1. The zero-order valence-electron chi connectivity index (χ0n) is 9.78. The van der Waals surface area contributed by atoms with Crippen molar-refractivity contribution in [2.45, 2.75) is 19.3 Å². The number of benzene rings is 1. The van der Waals surface area contributed by atoms with Crippen molar-refractivity contribution in [3.63, 3.8) is 0 Å². The number of quaternary nitrogens is 1. The first kappa shape index (κ1) is 11.9. The van der Waals surface area contributed by atoms with Crippen molar-refractivity contribution < 1.29 is 19.5 Å². The fourth-order valence-electron chi connectivity index (χ4n) is 2.07. The van der Waals surface area contributed by atoms with E-state index in [2.05, 4.69) is 0 Å². The second kappa shape index (κ2) is 5.68. The summed E-state index contributed by atoms with van der Waals surface area (Å²) >= 11 is 0. The summed E-state index contributed by atoms with van der Waals surface area (Å²) in [6, 6.07) is 6.37. The number of carboxylic acid groups (broad SMARTS) is 1. The Hall–Kier alpha value is -1.55. The number of carboxylic acids is 1. The van der Waals surface area contributed by atoms with Crippen molar-refractivity contribution in [1.82, 2.24) is 0 Å². The second-order valence-electron chi connectivity index (χ2n) is 4.41. The molecular weight excluding hydrogens is 218 g/mol. The Kier molecular flexibility index (Phi) is 3.98. The molecule has 0 aliphatic carbocycles. The van der Waals surface area contributed by atoms with Crippen LogP contribution in [0.15, 0.2) is 24.3 Å². The minimum absolute atomic E-state index is 0.183. The molecule has 1 aromatic rings. The Labute approximate surface area is 101 Å². The van der Waals surface area contributed by atoms with Gasteiger partial charge in [0.1, 0.15) is 5.75 Å². The van der Waals surface area contributed by atoms with E-state index < -0.39 is 5.97 Å². The SMILES string of the molecule is O=C([O-])c1ccc(OC[NH+]2CCCCC2)cc1. The van der Waals surface area contributed by atoms with Gasteiger partial charge in [0.25, 0.3) is 0 Å². The van der Waals surface area contributed by atoms with Gasteiger partial charge in [-0.3, -0.25) is 0 Å². The fraction of sp³-hybridized carbons (Fsp3) is 0.462. The van der Waals surface area contributed by atoms with Crippen molar-refractivity contribution in [2.24, 2.45) is 0 Å². The average molecular weight is 235 g/mol. The number of carbonyl (C=O) groups excluding carboxylic acids is 1. The van der Waals surface area contributed by atoms with Crippen LogP contribution in [0.5, 0.6) is 5.75 Å². The number of piperidine rings is 1. The highest BCUT2D eigenvalue weighted by Gasteiger charge is 2.13. The molecular formula is C13H17NO3. The van der Waals surface area contributed by atoms with E-state index in [-0.39, 0.29) is 5.56 Å². The predicted molar refractivity (Wildman–Crippen MR) is 60.8 cm³/mol. The lowest BCUT2D eigenvalue weighted by atomic mass is 10.1. The lowest BCUT2D eigenvalue weighted by Gasteiger charge is -2.23. The van der Waals surface area contributed by atoms with Crippen molar-refractivity contribution in [3.05, 3.63) is 29.8 Å². The summed E-state index contributed by atoms with van der Waals surface area (Å²) in [7, 11) is 0. The first-order valence-corrected chi connectivity index (χ1v) is 6.03. The maximum absolute atomic E-state index is 10.6. The fourth-order valence-corrected chi connectivity index (χ4v) is 2.07. The Balaban J connectivity index is 1.84. The first-order valence-electron chi connectivity index (χ1n) is 6.03. The van der Waals surface area contributed by atoms with Gasteiger partial charge < -0.3 is 19.5 Å². The van der Waals surface area contributed by atoms with E-state index in [4.69, 9.17) is 4.74 Å². The molecule has 2 rings (SSSR count). The van der Waals surface area contributed by atoms with E-state index in [1.165, 1.54) is 36.3 Å². The summed E-state index contributed by atoms with van der Waals surface area (Å²) < 4.78 is 5.63. The topological polar surface area (TPSA) is 53.8 Å². The van der Waals surface area contributed by atoms with Crippen LogP contribution in [-0.4, -0.2) is 25.8 Å². The van der Waals surface area contributed by atoms with E-state index in [1.807, 2.05) is 0 Å². The van der Waals surface area contributed by atoms with E-state index in [0.717, 1.165) is 13.1 Å². The molecule has 0 atom stereocenters. The van der Waals surface area contributed by atoms with Gasteiger partial charge in [-0.25, -0.2) is 0 Å². The molecule has 1 fully saturated rings. The summed E-state index contributed by atoms with van der Waals surface area (Å²) in [5.41, 5.74) is 0.183. The van der Waals surface area contributed by atoms with Gasteiger partial charge in [0.05, 0.1) is 19.1 Å². The zero-order chi connectivity index (χ0) is 12.1. The molecule has 0 aromatic heterocycles. The summed E-state index contributed by atoms with van der Waals surface area (Å²) in [6.07, 6.45) is 3.86. The normalized spacial score (nSPS) is 16.7. The van der Waals surface area contributed by atoms with Crippen LogP contribution < -0.4 is 14.7 Å². The molecule has 1 aliphatic rings. The number of likely N-dealkylation sites (tertiary alicyclic amines) is 1. The summed E-state index contributed by atoms with van der Waals surface area (Å²) in [6.45, 7) is 2.99. The highest BCUT2D eigenvalue weighted by molar-refractivity contribution is 5.85. The van der Waals surface area contributed by atoms with Gasteiger partial charge in [0.2, 0.25) is 6.73 Å². The Bertz CT molecular complexity index is 369. The van der Waals surface area contributed by atoms with Crippen molar-refractivity contribution in [3.8, 4) is 5.75 Å². The Morgan fingerprint density at radius 2 is 1.82 bits per heavy atom. The molecule has 0 amide bonds. The average Bonchev–Trinajstić information content (AvgIpc) is 2.38. The number of nitrogens with one attached hydrogen (secondary N) is 1. The molecule has 1 heterocycles. The van der Waals surface area contributed by atoms with Gasteiger partial charge in [-0.15, -0.1) is 0 Å². The van der Waals surface area contributed by atoms with Gasteiger partial charge in [0.15, 0.2) is 0 Å². The third kappa shape index (κ3) is 3.46. The second-order valence-corrected chi connectivity index (χ2v) is 4.41. The largest absolute Gasteiger partial charge is 0.545 e. The molecule has 0 saturated carbocycles. The lowest BCUT2D eigenvalue weighted by Crippen LogP contribution is -3.13. The van der Waals surface area contributed by atoms with E-state index in [0.29, 0.717) is 12.5 Å². The Morgan fingerprint density at radius 1 is 1.18 bits per heavy atom. The van der Waals surface area contributed by atoms with Gasteiger partial charge in [0, 0.05) is 0 Å². The molecule has 1 aromatic carbocycles. The van der Waals surface area contributed by atoms with Crippen LogP contribution in [0.2, 0.25) is 0 Å². The van der Waals surface area contributed by atoms with Crippen LogP contribution in [0.4, 0.5) is 0 Å². The maximum Gasteiger partial charge on any atom is 0.222 e. The third-order valence-electron chi connectivity index (χ3n) is 3.09. The van der Waals surface area contributed by atoms with Crippen LogP contribution in [-0.2, 0) is 0 Å². The quantitative estimate of drug-likeness (QED) is 0.762. The number of hydrogen-bond donors (Lipinski definition) is 1. The predicted octanol–water partition coefficient (Wildman–Crippen LogP) is -0.545. The molecule has 0 bridgehead atoms. The molecule has 17 heavy (non-hydrogen) atoms. The van der Waals surface area contributed by atoms with E-state index in [9.17, 15) is 9.90 Å². The highest BCUT2D eigenvalue weighted by atomic mass is 16.5. The third-order valence-corrected chi connectivity index (χ3v) is 3.09. The standard InChI is InChI=1S/C13H17NO3/c15-13(16)11-4-6-12(7-5-11)17-10-14-8-2-1-3-9-14/h4-7H,1-3,8-10H2,(H,15,16). The van der Waals surface area contributed by atoms with Crippen LogP contribution in [0.25, 0.3) is 0 Å². The van der Waals surface area contributed by atoms with Crippen molar-refractivity contribution in [1.29, 1.82) is 0 Å². The molecule has 1 N–H and O–H groups in total. The van der Waals surface area contributed by atoms with Gasteiger partial charge in [-0.2, -0.15) is 0 Å². The maximum atomic E-state index is 10.6. The Morgan fingerprint density at radius 3 is 2.41 bits per heavy atom. The lowest BCUT2D eigenvalue weighted by molar-refractivity contribution is -0.920. The molecule has 0 unspecified atom stereocenters. The van der Waals surface area contributed by atoms with E-state index in [1.54, 1.807) is 12.1 Å². The van der Waals surface area contributed by atoms with Crippen LogP contribution >= 0.6 is 0 Å². The minimum Gasteiger partial charge on any atom is -0.545 e. The van der Waals surface area contributed by atoms with Gasteiger partial charge in [-0.05, 0) is 49.1 Å². The monoisotopic (exact) mass is 235 g/mol. The zero-order valence-corrected chi connectivity index (χ0v) is 9.78. The number of ether oxygens (including phenoxy) is 1. The smallest absolute Gasteiger partial charge is 0.222 e. The summed E-state index contributed by atoms with van der Waals surface area (Å²) in [4.78, 5) is 12.0. The molecule has 0 radical (unpaired) electrons. The molecule has 0 spiro atoms. The molecule has 4 heteroatoms. The summed E-state index contributed by atoms with van der Waals surface area (Å²) in [5, 5.41) is 10.6. The molecule has 1 saturated heterocycles. The van der Waals surface area contributed by atoms with Crippen molar-refractivity contribution in [2.75, 3.05) is 19.8 Å². The number of rotatable bonds is 4. The number of hydrogen-bond acceptors (Lipinski definition) is 3. The molecule has 92 valence electrons. The van der Waals surface area contributed by atoms with E-state index >= 15 is 0 Å². The van der Waals surface area contributed by atoms with Crippen LogP contribution in [0, 0.1) is 0 Å². The van der Waals surface area contributed by atoms with Crippen LogP contribution in [0.3, 0.4) is 0 Å². The molecule has 4 nitrogen and oxygen atoms in total. The number of aromatic carboxylic acids is 1.